The molecule has 0 aromatic carbocycles. The van der Waals surface area contributed by atoms with Crippen molar-refractivity contribution in [2.75, 3.05) is 26.2 Å². The van der Waals surface area contributed by atoms with Gasteiger partial charge in [-0.05, 0) is 31.7 Å². The van der Waals surface area contributed by atoms with Crippen molar-refractivity contribution in [3.05, 3.63) is 23.7 Å². The molecule has 3 aliphatic rings. The molecule has 1 aliphatic carbocycles. The first-order chi connectivity index (χ1) is 11.4. The molecule has 0 unspecified atom stereocenters. The van der Waals surface area contributed by atoms with Crippen LogP contribution in [0.1, 0.15) is 29.0 Å². The molecule has 24 heavy (non-hydrogen) atoms. The Labute approximate surface area is 139 Å². The van der Waals surface area contributed by atoms with Gasteiger partial charge < -0.3 is 19.3 Å². The fraction of sp³-hybridized carbons (Fsp3) is 0.588. The van der Waals surface area contributed by atoms with Crippen molar-refractivity contribution in [3.63, 3.8) is 0 Å². The van der Waals surface area contributed by atoms with Crippen molar-refractivity contribution in [1.29, 1.82) is 0 Å². The molecular weight excluding hydrogens is 312 g/mol. The van der Waals surface area contributed by atoms with E-state index in [-0.39, 0.29) is 31.4 Å². The molecule has 1 aromatic heterocycles. The Balaban J connectivity index is 1.58. The second-order valence-electron chi connectivity index (χ2n) is 7.25. The van der Waals surface area contributed by atoms with Gasteiger partial charge in [-0.25, -0.2) is 0 Å². The van der Waals surface area contributed by atoms with Gasteiger partial charge in [0.15, 0.2) is 0 Å². The maximum absolute atomic E-state index is 12.7. The lowest BCUT2D eigenvalue weighted by Gasteiger charge is -2.25. The maximum atomic E-state index is 12.7. The highest BCUT2D eigenvalue weighted by Gasteiger charge is 2.63. The fourth-order valence-electron chi connectivity index (χ4n) is 4.01. The Morgan fingerprint density at radius 2 is 2.12 bits per heavy atom. The van der Waals surface area contributed by atoms with Crippen molar-refractivity contribution in [2.45, 2.75) is 19.8 Å². The highest BCUT2D eigenvalue weighted by molar-refractivity contribution is 5.98. The SMILES string of the molecule is Cc1occc1C(=O)N1C[C@H]2C(=O)N(CC3CC3)C[C@@]2(C(=O)O)C1. The summed E-state index contributed by atoms with van der Waals surface area (Å²) in [4.78, 5) is 40.5. The molecule has 2 atom stereocenters. The second kappa shape index (κ2) is 5.09. The monoisotopic (exact) mass is 332 g/mol. The zero-order valence-electron chi connectivity index (χ0n) is 13.5. The second-order valence-corrected chi connectivity index (χ2v) is 7.25. The molecule has 1 saturated carbocycles. The van der Waals surface area contributed by atoms with E-state index in [2.05, 4.69) is 0 Å². The standard InChI is InChI=1S/C17H20N2O5/c1-10-12(4-5-24-10)14(20)19-7-13-15(21)18(6-11-2-3-11)8-17(13,9-19)16(22)23/h4-5,11,13H,2-3,6-9H2,1H3,(H,22,23)/t13-,17+/m0/s1. The molecule has 128 valence electrons. The number of likely N-dealkylation sites (tertiary alicyclic amines) is 2. The van der Waals surface area contributed by atoms with E-state index in [0.717, 1.165) is 12.8 Å². The number of rotatable bonds is 4. The van der Waals surface area contributed by atoms with Gasteiger partial charge in [0.2, 0.25) is 5.91 Å². The summed E-state index contributed by atoms with van der Waals surface area (Å²) in [6.45, 7) is 2.79. The number of aliphatic carboxylic acids is 1. The Hall–Kier alpha value is -2.31. The molecule has 7 heteroatoms. The number of carbonyl (C=O) groups excluding carboxylic acids is 2. The number of aryl methyl sites for hydroxylation is 1. The highest BCUT2D eigenvalue weighted by atomic mass is 16.4. The Bertz CT molecular complexity index is 722. The number of hydrogen-bond donors (Lipinski definition) is 1. The van der Waals surface area contributed by atoms with Crippen LogP contribution in [-0.2, 0) is 9.59 Å². The molecule has 3 heterocycles. The van der Waals surface area contributed by atoms with Crippen molar-refractivity contribution in [2.24, 2.45) is 17.3 Å². The summed E-state index contributed by atoms with van der Waals surface area (Å²) in [5, 5.41) is 9.81. The molecule has 1 aromatic rings. The number of carbonyl (C=O) groups is 3. The van der Waals surface area contributed by atoms with Crippen LogP contribution in [0.15, 0.2) is 16.7 Å². The summed E-state index contributed by atoms with van der Waals surface area (Å²) in [5.74, 6) is -1.00. The van der Waals surface area contributed by atoms with Crippen LogP contribution in [0, 0.1) is 24.2 Å². The first-order valence-corrected chi connectivity index (χ1v) is 8.28. The maximum Gasteiger partial charge on any atom is 0.314 e. The quantitative estimate of drug-likeness (QED) is 0.887. The minimum absolute atomic E-state index is 0.0728. The van der Waals surface area contributed by atoms with Crippen LogP contribution in [0.2, 0.25) is 0 Å². The number of fused-ring (bicyclic) bond motifs is 1. The molecule has 0 radical (unpaired) electrons. The number of carboxylic acids is 1. The van der Waals surface area contributed by atoms with E-state index in [1.165, 1.54) is 11.2 Å². The Morgan fingerprint density at radius 3 is 2.67 bits per heavy atom. The van der Waals surface area contributed by atoms with E-state index in [1.807, 2.05) is 0 Å². The van der Waals surface area contributed by atoms with Crippen molar-refractivity contribution < 1.29 is 23.9 Å². The van der Waals surface area contributed by atoms with E-state index >= 15 is 0 Å². The lowest BCUT2D eigenvalue weighted by atomic mass is 9.81. The topological polar surface area (TPSA) is 91.1 Å². The van der Waals surface area contributed by atoms with E-state index < -0.39 is 17.3 Å². The van der Waals surface area contributed by atoms with Gasteiger partial charge in [-0.1, -0.05) is 0 Å². The van der Waals surface area contributed by atoms with Gasteiger partial charge in [-0.3, -0.25) is 14.4 Å². The van der Waals surface area contributed by atoms with Gasteiger partial charge in [0.1, 0.15) is 11.2 Å². The number of furan rings is 1. The van der Waals surface area contributed by atoms with Gasteiger partial charge in [-0.15, -0.1) is 0 Å². The third kappa shape index (κ3) is 2.14. The van der Waals surface area contributed by atoms with Gasteiger partial charge in [0.05, 0.1) is 17.7 Å². The zero-order valence-corrected chi connectivity index (χ0v) is 13.5. The predicted octanol–water partition coefficient (Wildman–Crippen LogP) is 0.983. The largest absolute Gasteiger partial charge is 0.481 e. The number of amides is 2. The molecule has 0 spiro atoms. The molecule has 1 N–H and O–H groups in total. The van der Waals surface area contributed by atoms with E-state index in [4.69, 9.17) is 4.42 Å². The van der Waals surface area contributed by atoms with Gasteiger partial charge in [0, 0.05) is 26.2 Å². The summed E-state index contributed by atoms with van der Waals surface area (Å²) in [5.41, 5.74) is -0.753. The van der Waals surface area contributed by atoms with Crippen LogP contribution in [0.5, 0.6) is 0 Å². The number of hydrogen-bond acceptors (Lipinski definition) is 4. The molecule has 0 bridgehead atoms. The number of nitrogens with zero attached hydrogens (tertiary/aromatic N) is 2. The lowest BCUT2D eigenvalue weighted by Crippen LogP contribution is -2.42. The van der Waals surface area contributed by atoms with Crippen LogP contribution in [0.25, 0.3) is 0 Å². The third-order valence-electron chi connectivity index (χ3n) is 5.60. The Morgan fingerprint density at radius 1 is 1.38 bits per heavy atom. The van der Waals surface area contributed by atoms with Crippen molar-refractivity contribution >= 4 is 17.8 Å². The molecule has 3 fully saturated rings. The minimum atomic E-state index is -1.18. The van der Waals surface area contributed by atoms with Gasteiger partial charge in [-0.2, -0.15) is 0 Å². The first kappa shape index (κ1) is 15.2. The van der Waals surface area contributed by atoms with E-state index in [0.29, 0.717) is 23.8 Å². The number of carboxylic acid groups (broad SMARTS) is 1. The summed E-state index contributed by atoms with van der Waals surface area (Å²) < 4.78 is 5.16. The fourth-order valence-corrected chi connectivity index (χ4v) is 4.01. The predicted molar refractivity (Wildman–Crippen MR) is 82.2 cm³/mol. The molecule has 2 amide bonds. The van der Waals surface area contributed by atoms with Crippen LogP contribution < -0.4 is 0 Å². The molecular formula is C17H20N2O5. The molecule has 4 rings (SSSR count). The van der Waals surface area contributed by atoms with Crippen LogP contribution in [0.4, 0.5) is 0 Å². The van der Waals surface area contributed by atoms with E-state index in [9.17, 15) is 19.5 Å². The minimum Gasteiger partial charge on any atom is -0.481 e. The van der Waals surface area contributed by atoms with Crippen LogP contribution in [-0.4, -0.2) is 58.9 Å². The smallest absolute Gasteiger partial charge is 0.314 e. The summed E-state index contributed by atoms with van der Waals surface area (Å²) >= 11 is 0. The third-order valence-corrected chi connectivity index (χ3v) is 5.60. The summed E-state index contributed by atoms with van der Waals surface area (Å²) in [6.07, 6.45) is 3.66. The highest BCUT2D eigenvalue weighted by Crippen LogP contribution is 2.45. The van der Waals surface area contributed by atoms with Crippen LogP contribution in [0.3, 0.4) is 0 Å². The zero-order chi connectivity index (χ0) is 17.1. The normalized spacial score (nSPS) is 29.2. The van der Waals surface area contributed by atoms with Crippen LogP contribution >= 0.6 is 0 Å². The van der Waals surface area contributed by atoms with Gasteiger partial charge in [0.25, 0.3) is 5.91 Å². The van der Waals surface area contributed by atoms with Gasteiger partial charge >= 0.3 is 5.97 Å². The first-order valence-electron chi connectivity index (χ1n) is 8.28. The average molecular weight is 332 g/mol. The lowest BCUT2D eigenvalue weighted by molar-refractivity contribution is -0.149. The summed E-state index contributed by atoms with van der Waals surface area (Å²) in [6, 6.07) is 1.58. The van der Waals surface area contributed by atoms with E-state index in [1.54, 1.807) is 17.9 Å². The molecule has 7 nitrogen and oxygen atoms in total. The van der Waals surface area contributed by atoms with Crippen molar-refractivity contribution in [1.82, 2.24) is 9.80 Å². The van der Waals surface area contributed by atoms with Crippen molar-refractivity contribution in [3.8, 4) is 0 Å². The molecule has 2 aliphatic heterocycles. The average Bonchev–Trinajstić information content (AvgIpc) is 3.00. The molecule has 2 saturated heterocycles. The summed E-state index contributed by atoms with van der Waals surface area (Å²) in [7, 11) is 0. The Kier molecular flexibility index (Phi) is 3.23.